The van der Waals surface area contributed by atoms with Crippen LogP contribution >= 0.6 is 11.6 Å². The Balaban J connectivity index is 2.76. The van der Waals surface area contributed by atoms with E-state index in [1.165, 1.54) is 0 Å². The molecular weight excluding hydrogens is 176 g/mol. The normalized spacial score (nSPS) is 12.8. The summed E-state index contributed by atoms with van der Waals surface area (Å²) in [6.45, 7) is 0.378. The van der Waals surface area contributed by atoms with Crippen LogP contribution in [0.25, 0.3) is 0 Å². The van der Waals surface area contributed by atoms with E-state index in [0.717, 1.165) is 0 Å². The van der Waals surface area contributed by atoms with Crippen molar-refractivity contribution < 1.29 is 5.11 Å². The lowest BCUT2D eigenvalue weighted by Crippen LogP contribution is -2.26. The Morgan fingerprint density at radius 3 is 2.92 bits per heavy atom. The highest BCUT2D eigenvalue weighted by atomic mass is 35.5. The van der Waals surface area contributed by atoms with Crippen LogP contribution < -0.4 is 5.49 Å². The first-order valence-electron chi connectivity index (χ1n) is 3.68. The zero-order valence-electron chi connectivity index (χ0n) is 6.57. The third-order valence-corrected chi connectivity index (χ3v) is 1.88. The second-order valence-electron chi connectivity index (χ2n) is 2.55. The first kappa shape index (κ1) is 9.29. The quantitative estimate of drug-likeness (QED) is 0.667. The number of halogens is 1. The van der Waals surface area contributed by atoms with E-state index < -0.39 is 6.10 Å². The number of nitrogens with one attached hydrogen (secondary N) is 1. The Hall–Kier alpha value is -0.800. The molecule has 0 aliphatic carbocycles. The van der Waals surface area contributed by atoms with Crippen LogP contribution in [0.5, 0.6) is 0 Å². The molecule has 1 rings (SSSR count). The number of pyridine rings is 1. The van der Waals surface area contributed by atoms with Gasteiger partial charge in [0, 0.05) is 6.20 Å². The van der Waals surface area contributed by atoms with Gasteiger partial charge in [0.25, 0.3) is 0 Å². The van der Waals surface area contributed by atoms with Gasteiger partial charge in [0.15, 0.2) is 0 Å². The minimum Gasteiger partial charge on any atom is -0.390 e. The molecule has 0 aromatic carbocycles. The third kappa shape index (κ3) is 2.36. The molecule has 12 heavy (non-hydrogen) atoms. The predicted molar refractivity (Wildman–Crippen MR) is 47.0 cm³/mol. The molecule has 1 heterocycles. The zero-order valence-corrected chi connectivity index (χ0v) is 7.33. The molecule has 4 heteroatoms. The largest absolute Gasteiger partial charge is 0.390 e. The Morgan fingerprint density at radius 2 is 2.33 bits per heavy atom. The molecule has 0 amide bonds. The second kappa shape index (κ2) is 4.28. The van der Waals surface area contributed by atoms with Crippen molar-refractivity contribution >= 4 is 11.6 Å². The first-order valence-corrected chi connectivity index (χ1v) is 4.21. The van der Waals surface area contributed by atoms with E-state index in [1.807, 2.05) is 6.07 Å². The van der Waals surface area contributed by atoms with E-state index in [-0.39, 0.29) is 5.88 Å². The third-order valence-electron chi connectivity index (χ3n) is 1.53. The molecule has 3 nitrogen and oxygen atoms in total. The molecule has 66 valence electrons. The molecule has 1 atom stereocenters. The van der Waals surface area contributed by atoms with Crippen LogP contribution in [0.4, 0.5) is 0 Å². The van der Waals surface area contributed by atoms with E-state index in [4.69, 9.17) is 17.0 Å². The van der Waals surface area contributed by atoms with Crippen LogP contribution in [0.3, 0.4) is 0 Å². The fourth-order valence-corrected chi connectivity index (χ4v) is 1.01. The molecule has 1 aromatic rings. The van der Waals surface area contributed by atoms with Crippen molar-refractivity contribution in [1.82, 2.24) is 4.57 Å². The Kier molecular flexibility index (Phi) is 3.31. The molecule has 0 saturated carbocycles. The number of rotatable bonds is 3. The number of aliphatic hydroxyl groups excluding tert-OH is 1. The Morgan fingerprint density at radius 1 is 1.58 bits per heavy atom. The minimum atomic E-state index is -0.580. The number of alkyl halides is 1. The van der Waals surface area contributed by atoms with E-state index >= 15 is 0 Å². The van der Waals surface area contributed by atoms with Crippen molar-refractivity contribution in [1.29, 1.82) is 5.41 Å². The van der Waals surface area contributed by atoms with Gasteiger partial charge >= 0.3 is 0 Å². The average Bonchev–Trinajstić information content (AvgIpc) is 2.09. The van der Waals surface area contributed by atoms with E-state index in [0.29, 0.717) is 12.0 Å². The molecule has 1 unspecified atom stereocenters. The van der Waals surface area contributed by atoms with E-state index in [9.17, 15) is 5.11 Å². The van der Waals surface area contributed by atoms with Gasteiger partial charge in [-0.15, -0.1) is 11.6 Å². The van der Waals surface area contributed by atoms with Crippen molar-refractivity contribution in [3.8, 4) is 0 Å². The average molecular weight is 187 g/mol. The summed E-state index contributed by atoms with van der Waals surface area (Å²) in [5, 5.41) is 16.6. The van der Waals surface area contributed by atoms with Crippen LogP contribution in [0, 0.1) is 5.41 Å². The lowest BCUT2D eigenvalue weighted by molar-refractivity contribution is 0.174. The van der Waals surface area contributed by atoms with Gasteiger partial charge in [0.05, 0.1) is 18.5 Å². The summed E-state index contributed by atoms with van der Waals surface area (Å²) < 4.78 is 1.65. The summed E-state index contributed by atoms with van der Waals surface area (Å²) in [4.78, 5) is 0. The lowest BCUT2D eigenvalue weighted by atomic mass is 10.4. The molecule has 0 aliphatic heterocycles. The summed E-state index contributed by atoms with van der Waals surface area (Å²) in [6.07, 6.45) is 1.17. The molecule has 2 N–H and O–H groups in total. The highest BCUT2D eigenvalue weighted by molar-refractivity contribution is 6.18. The van der Waals surface area contributed by atoms with Crippen molar-refractivity contribution in [2.75, 3.05) is 5.88 Å². The summed E-state index contributed by atoms with van der Waals surface area (Å²) in [5.41, 5.74) is 0.377. The summed E-state index contributed by atoms with van der Waals surface area (Å²) in [6, 6.07) is 5.27. The molecule has 0 fully saturated rings. The molecule has 0 spiro atoms. The summed E-state index contributed by atoms with van der Waals surface area (Å²) >= 11 is 5.43. The number of aliphatic hydroxyl groups is 1. The van der Waals surface area contributed by atoms with Crippen molar-refractivity contribution in [3.63, 3.8) is 0 Å². The van der Waals surface area contributed by atoms with E-state index in [1.54, 1.807) is 22.9 Å². The molecule has 0 radical (unpaired) electrons. The monoisotopic (exact) mass is 186 g/mol. The fraction of sp³-hybridized carbons (Fsp3) is 0.375. The zero-order chi connectivity index (χ0) is 8.97. The van der Waals surface area contributed by atoms with Crippen LogP contribution in [0.2, 0.25) is 0 Å². The van der Waals surface area contributed by atoms with E-state index in [2.05, 4.69) is 0 Å². The van der Waals surface area contributed by atoms with Crippen LogP contribution in [-0.2, 0) is 6.54 Å². The van der Waals surface area contributed by atoms with Gasteiger partial charge in [-0.25, -0.2) is 0 Å². The number of aromatic nitrogens is 1. The SMILES string of the molecule is N=c1ccccn1CC(O)CCl. The van der Waals surface area contributed by atoms with Crippen LogP contribution in [0.1, 0.15) is 0 Å². The van der Waals surface area contributed by atoms with Crippen LogP contribution in [-0.4, -0.2) is 21.7 Å². The Labute approximate surface area is 75.7 Å². The summed E-state index contributed by atoms with van der Waals surface area (Å²) in [7, 11) is 0. The van der Waals surface area contributed by atoms with Gasteiger partial charge < -0.3 is 9.67 Å². The standard InChI is InChI=1S/C8H11ClN2O/c9-5-7(12)6-11-4-2-1-3-8(11)10/h1-4,7,10,12H,5-6H2. The van der Waals surface area contributed by atoms with Crippen LogP contribution in [0.15, 0.2) is 24.4 Å². The van der Waals surface area contributed by atoms with Crippen molar-refractivity contribution in [2.45, 2.75) is 12.6 Å². The van der Waals surface area contributed by atoms with Gasteiger partial charge in [-0.1, -0.05) is 6.07 Å². The second-order valence-corrected chi connectivity index (χ2v) is 2.85. The van der Waals surface area contributed by atoms with Gasteiger partial charge in [0.1, 0.15) is 5.49 Å². The van der Waals surface area contributed by atoms with Gasteiger partial charge in [-0.2, -0.15) is 0 Å². The number of hydrogen-bond acceptors (Lipinski definition) is 2. The van der Waals surface area contributed by atoms with Crippen molar-refractivity contribution in [2.24, 2.45) is 0 Å². The molecule has 0 bridgehead atoms. The maximum atomic E-state index is 9.20. The van der Waals surface area contributed by atoms with Gasteiger partial charge in [0.2, 0.25) is 0 Å². The smallest absolute Gasteiger partial charge is 0.124 e. The fourth-order valence-electron chi connectivity index (χ4n) is 0.911. The maximum absolute atomic E-state index is 9.20. The molecule has 1 aromatic heterocycles. The molecular formula is C8H11ClN2O. The predicted octanol–water partition coefficient (Wildman–Crippen LogP) is 0.567. The van der Waals surface area contributed by atoms with Crippen molar-refractivity contribution in [3.05, 3.63) is 29.9 Å². The minimum absolute atomic E-state index is 0.196. The lowest BCUT2D eigenvalue weighted by Gasteiger charge is -2.09. The maximum Gasteiger partial charge on any atom is 0.124 e. The molecule has 0 saturated heterocycles. The molecule has 0 aliphatic rings. The van der Waals surface area contributed by atoms with Gasteiger partial charge in [-0.3, -0.25) is 5.41 Å². The highest BCUT2D eigenvalue weighted by Crippen LogP contribution is 1.91. The summed E-state index contributed by atoms with van der Waals surface area (Å²) in [5.74, 6) is 0.196. The topological polar surface area (TPSA) is 49.0 Å². The number of hydrogen-bond donors (Lipinski definition) is 2. The highest BCUT2D eigenvalue weighted by Gasteiger charge is 2.01. The Bertz CT molecular complexity index is 297. The first-order chi connectivity index (χ1) is 5.74. The number of nitrogens with zero attached hydrogens (tertiary/aromatic N) is 1. The van der Waals surface area contributed by atoms with Gasteiger partial charge in [-0.05, 0) is 12.1 Å².